The van der Waals surface area contributed by atoms with Crippen molar-refractivity contribution in [2.45, 2.75) is 51.2 Å². The fraction of sp³-hybridized carbons (Fsp3) is 1.00. The molecule has 3 heteroatoms. The van der Waals surface area contributed by atoms with Crippen molar-refractivity contribution in [2.24, 2.45) is 0 Å². The molecule has 1 aliphatic heterocycles. The molecule has 0 amide bonds. The summed E-state index contributed by atoms with van der Waals surface area (Å²) in [5, 5.41) is 3.57. The standard InChI is InChI=1S/C13H26N2O/c1-2-16-13-6-10-15(11-7-13)9-3-8-14-12-4-5-12/h12-14H,2-11H2,1H3. The lowest BCUT2D eigenvalue weighted by molar-refractivity contribution is 0.0141. The van der Waals surface area contributed by atoms with E-state index < -0.39 is 0 Å². The van der Waals surface area contributed by atoms with Crippen molar-refractivity contribution >= 4 is 0 Å². The lowest BCUT2D eigenvalue weighted by Gasteiger charge is -2.31. The molecular formula is C13H26N2O. The van der Waals surface area contributed by atoms with E-state index in [1.54, 1.807) is 0 Å². The Balaban J connectivity index is 1.47. The highest BCUT2D eigenvalue weighted by Gasteiger charge is 2.21. The van der Waals surface area contributed by atoms with Gasteiger partial charge in [-0.3, -0.25) is 0 Å². The van der Waals surface area contributed by atoms with Gasteiger partial charge in [-0.15, -0.1) is 0 Å². The Morgan fingerprint density at radius 3 is 2.56 bits per heavy atom. The summed E-state index contributed by atoms with van der Waals surface area (Å²) in [4.78, 5) is 2.59. The molecule has 0 aromatic carbocycles. The molecule has 1 heterocycles. The van der Waals surface area contributed by atoms with E-state index in [9.17, 15) is 0 Å². The van der Waals surface area contributed by atoms with Crippen LogP contribution in [-0.4, -0.2) is 49.8 Å². The molecule has 0 atom stereocenters. The maximum Gasteiger partial charge on any atom is 0.0599 e. The monoisotopic (exact) mass is 226 g/mol. The Hall–Kier alpha value is -0.120. The van der Waals surface area contributed by atoms with E-state index in [-0.39, 0.29) is 0 Å². The third-order valence-electron chi connectivity index (χ3n) is 3.60. The molecule has 2 rings (SSSR count). The van der Waals surface area contributed by atoms with E-state index in [0.717, 1.165) is 12.6 Å². The van der Waals surface area contributed by atoms with Crippen molar-refractivity contribution in [3.63, 3.8) is 0 Å². The first-order valence-corrected chi connectivity index (χ1v) is 6.96. The lowest BCUT2D eigenvalue weighted by Crippen LogP contribution is -2.38. The zero-order chi connectivity index (χ0) is 11.2. The fourth-order valence-corrected chi connectivity index (χ4v) is 2.43. The molecule has 0 unspecified atom stereocenters. The Kier molecular flexibility index (Phi) is 5.07. The van der Waals surface area contributed by atoms with Crippen LogP contribution in [-0.2, 0) is 4.74 Å². The van der Waals surface area contributed by atoms with Crippen LogP contribution in [0.25, 0.3) is 0 Å². The molecule has 94 valence electrons. The van der Waals surface area contributed by atoms with E-state index in [4.69, 9.17) is 4.74 Å². The van der Waals surface area contributed by atoms with Crippen molar-refractivity contribution in [3.05, 3.63) is 0 Å². The van der Waals surface area contributed by atoms with Gasteiger partial charge in [0, 0.05) is 25.7 Å². The first-order chi connectivity index (χ1) is 7.88. The molecule has 0 bridgehead atoms. The van der Waals surface area contributed by atoms with Crippen LogP contribution in [0.15, 0.2) is 0 Å². The van der Waals surface area contributed by atoms with Gasteiger partial charge in [0.1, 0.15) is 0 Å². The number of piperidine rings is 1. The average Bonchev–Trinajstić information content (AvgIpc) is 3.11. The van der Waals surface area contributed by atoms with Crippen LogP contribution < -0.4 is 5.32 Å². The number of rotatable bonds is 7. The molecule has 1 aliphatic carbocycles. The minimum Gasteiger partial charge on any atom is -0.378 e. The van der Waals surface area contributed by atoms with Gasteiger partial charge in [0.25, 0.3) is 0 Å². The molecule has 2 aliphatic rings. The average molecular weight is 226 g/mol. The van der Waals surface area contributed by atoms with Gasteiger partial charge in [0.2, 0.25) is 0 Å². The molecule has 16 heavy (non-hydrogen) atoms. The largest absolute Gasteiger partial charge is 0.378 e. The third-order valence-corrected chi connectivity index (χ3v) is 3.60. The second-order valence-electron chi connectivity index (χ2n) is 5.08. The predicted octanol–water partition coefficient (Wildman–Crippen LogP) is 1.63. The van der Waals surface area contributed by atoms with Crippen molar-refractivity contribution < 1.29 is 4.74 Å². The number of hydrogen-bond donors (Lipinski definition) is 1. The summed E-state index contributed by atoms with van der Waals surface area (Å²) >= 11 is 0. The molecule has 0 spiro atoms. The highest BCUT2D eigenvalue weighted by atomic mass is 16.5. The van der Waals surface area contributed by atoms with E-state index in [1.165, 1.54) is 58.3 Å². The van der Waals surface area contributed by atoms with Crippen LogP contribution in [0.1, 0.15) is 39.0 Å². The second kappa shape index (κ2) is 6.58. The van der Waals surface area contributed by atoms with E-state index in [0.29, 0.717) is 6.10 Å². The highest BCUT2D eigenvalue weighted by Crippen LogP contribution is 2.18. The van der Waals surface area contributed by atoms with Gasteiger partial charge < -0.3 is 15.0 Å². The summed E-state index contributed by atoms with van der Waals surface area (Å²) in [5.41, 5.74) is 0. The molecule has 1 saturated carbocycles. The molecule has 2 fully saturated rings. The Bertz CT molecular complexity index is 186. The molecule has 0 aromatic heterocycles. The van der Waals surface area contributed by atoms with E-state index >= 15 is 0 Å². The number of nitrogens with zero attached hydrogens (tertiary/aromatic N) is 1. The first kappa shape index (κ1) is 12.3. The summed E-state index contributed by atoms with van der Waals surface area (Å²) in [5.74, 6) is 0. The van der Waals surface area contributed by atoms with Crippen LogP contribution in [0.5, 0.6) is 0 Å². The summed E-state index contributed by atoms with van der Waals surface area (Å²) in [6.07, 6.45) is 7.09. The summed E-state index contributed by atoms with van der Waals surface area (Å²) in [6.45, 7) is 7.89. The maximum absolute atomic E-state index is 5.66. The smallest absolute Gasteiger partial charge is 0.0599 e. The predicted molar refractivity (Wildman–Crippen MR) is 66.7 cm³/mol. The number of ether oxygens (including phenoxy) is 1. The summed E-state index contributed by atoms with van der Waals surface area (Å²) in [6, 6.07) is 0.865. The second-order valence-corrected chi connectivity index (χ2v) is 5.08. The number of hydrogen-bond acceptors (Lipinski definition) is 3. The van der Waals surface area contributed by atoms with Gasteiger partial charge in [-0.05, 0) is 52.1 Å². The topological polar surface area (TPSA) is 24.5 Å². The van der Waals surface area contributed by atoms with Crippen molar-refractivity contribution in [1.29, 1.82) is 0 Å². The third kappa shape index (κ3) is 4.40. The normalized spacial score (nSPS) is 23.8. The van der Waals surface area contributed by atoms with Gasteiger partial charge >= 0.3 is 0 Å². The Labute approximate surface area is 99.5 Å². The highest BCUT2D eigenvalue weighted by molar-refractivity contribution is 4.80. The molecule has 1 N–H and O–H groups in total. The van der Waals surface area contributed by atoms with Crippen molar-refractivity contribution in [1.82, 2.24) is 10.2 Å². The Morgan fingerprint density at radius 2 is 1.94 bits per heavy atom. The summed E-state index contributed by atoms with van der Waals surface area (Å²) < 4.78 is 5.66. The van der Waals surface area contributed by atoms with Gasteiger partial charge in [0.15, 0.2) is 0 Å². The van der Waals surface area contributed by atoms with Gasteiger partial charge in [-0.2, -0.15) is 0 Å². The number of nitrogens with one attached hydrogen (secondary N) is 1. The minimum atomic E-state index is 0.533. The van der Waals surface area contributed by atoms with Crippen LogP contribution in [0, 0.1) is 0 Å². The summed E-state index contributed by atoms with van der Waals surface area (Å²) in [7, 11) is 0. The first-order valence-electron chi connectivity index (χ1n) is 6.96. The van der Waals surface area contributed by atoms with E-state index in [1.807, 2.05) is 0 Å². The molecule has 1 saturated heterocycles. The molecule has 0 radical (unpaired) electrons. The quantitative estimate of drug-likeness (QED) is 0.668. The SMILES string of the molecule is CCOC1CCN(CCCNC2CC2)CC1. The Morgan fingerprint density at radius 1 is 1.19 bits per heavy atom. The van der Waals surface area contributed by atoms with Crippen molar-refractivity contribution in [3.8, 4) is 0 Å². The zero-order valence-corrected chi connectivity index (χ0v) is 10.6. The van der Waals surface area contributed by atoms with Crippen molar-refractivity contribution in [2.75, 3.05) is 32.8 Å². The maximum atomic E-state index is 5.66. The van der Waals surface area contributed by atoms with Crippen LogP contribution in [0.2, 0.25) is 0 Å². The minimum absolute atomic E-state index is 0.533. The molecular weight excluding hydrogens is 200 g/mol. The van der Waals surface area contributed by atoms with Gasteiger partial charge in [-0.25, -0.2) is 0 Å². The number of likely N-dealkylation sites (tertiary alicyclic amines) is 1. The lowest BCUT2D eigenvalue weighted by atomic mass is 10.1. The van der Waals surface area contributed by atoms with Gasteiger partial charge in [-0.1, -0.05) is 0 Å². The van der Waals surface area contributed by atoms with E-state index in [2.05, 4.69) is 17.1 Å². The molecule has 0 aromatic rings. The zero-order valence-electron chi connectivity index (χ0n) is 10.6. The van der Waals surface area contributed by atoms with Gasteiger partial charge in [0.05, 0.1) is 6.10 Å². The fourth-order valence-electron chi connectivity index (χ4n) is 2.43. The molecule has 3 nitrogen and oxygen atoms in total. The van der Waals surface area contributed by atoms with Crippen LogP contribution in [0.4, 0.5) is 0 Å². The van der Waals surface area contributed by atoms with Crippen LogP contribution >= 0.6 is 0 Å². The van der Waals surface area contributed by atoms with Crippen LogP contribution in [0.3, 0.4) is 0 Å².